The van der Waals surface area contributed by atoms with Gasteiger partial charge in [-0.2, -0.15) is 5.10 Å². The summed E-state index contributed by atoms with van der Waals surface area (Å²) in [6.07, 6.45) is 5.35. The van der Waals surface area contributed by atoms with Crippen molar-refractivity contribution < 1.29 is 4.79 Å². The van der Waals surface area contributed by atoms with Gasteiger partial charge in [-0.05, 0) is 38.4 Å². The molecule has 9 heteroatoms. The van der Waals surface area contributed by atoms with Crippen LogP contribution in [0.2, 0.25) is 0 Å². The van der Waals surface area contributed by atoms with Crippen molar-refractivity contribution in [3.05, 3.63) is 30.2 Å². The topological polar surface area (TPSA) is 115 Å². The molecular formula is C20H26N8O. The van der Waals surface area contributed by atoms with E-state index in [0.717, 1.165) is 60.6 Å². The van der Waals surface area contributed by atoms with Crippen molar-refractivity contribution in [2.24, 2.45) is 18.7 Å². The second-order valence-electron chi connectivity index (χ2n) is 7.51. The monoisotopic (exact) mass is 394 g/mol. The number of pyridine rings is 1. The number of aryl methyl sites for hydroxylation is 2. The lowest BCUT2D eigenvalue weighted by Crippen LogP contribution is -2.42. The van der Waals surface area contributed by atoms with E-state index in [1.54, 1.807) is 17.1 Å². The van der Waals surface area contributed by atoms with Crippen molar-refractivity contribution in [1.82, 2.24) is 29.6 Å². The first-order valence-electron chi connectivity index (χ1n) is 9.90. The standard InChI is InChI=1S/C20H26N8O/c1-13-16-19(23-9-11-28-10-3-4-15(12-28)17(21)29)24-18(14-5-7-22-8-6-14)25-20(16)27(2)26-13/h5-8,15H,3-4,9-12H2,1-2H3,(H2,21,29)(H,23,24,25)/t15-/m0/s1. The van der Waals surface area contributed by atoms with Gasteiger partial charge >= 0.3 is 0 Å². The molecule has 4 heterocycles. The van der Waals surface area contributed by atoms with Crippen LogP contribution in [0.4, 0.5) is 5.82 Å². The first-order valence-corrected chi connectivity index (χ1v) is 9.90. The molecule has 1 fully saturated rings. The molecule has 0 aromatic carbocycles. The number of nitrogens with one attached hydrogen (secondary N) is 1. The molecule has 0 radical (unpaired) electrons. The second kappa shape index (κ2) is 8.12. The van der Waals surface area contributed by atoms with Crippen LogP contribution in [0.5, 0.6) is 0 Å². The van der Waals surface area contributed by atoms with Crippen LogP contribution in [0.1, 0.15) is 18.5 Å². The Bertz CT molecular complexity index is 1020. The minimum absolute atomic E-state index is 0.0478. The van der Waals surface area contributed by atoms with Crippen molar-refractivity contribution in [3.8, 4) is 11.4 Å². The molecule has 1 amide bonds. The highest BCUT2D eigenvalue weighted by Gasteiger charge is 2.23. The summed E-state index contributed by atoms with van der Waals surface area (Å²) in [5.41, 5.74) is 8.07. The van der Waals surface area contributed by atoms with Crippen molar-refractivity contribution in [1.29, 1.82) is 0 Å². The van der Waals surface area contributed by atoms with Crippen LogP contribution in [0.15, 0.2) is 24.5 Å². The maximum Gasteiger partial charge on any atom is 0.221 e. The summed E-state index contributed by atoms with van der Waals surface area (Å²) < 4.78 is 1.78. The molecular weight excluding hydrogens is 368 g/mol. The highest BCUT2D eigenvalue weighted by molar-refractivity contribution is 5.90. The van der Waals surface area contributed by atoms with Gasteiger partial charge in [0.2, 0.25) is 5.91 Å². The van der Waals surface area contributed by atoms with Gasteiger partial charge in [0.15, 0.2) is 11.5 Å². The maximum atomic E-state index is 11.5. The normalized spacial score (nSPS) is 17.5. The van der Waals surface area contributed by atoms with Crippen LogP contribution in [-0.2, 0) is 11.8 Å². The van der Waals surface area contributed by atoms with Crippen molar-refractivity contribution >= 4 is 22.8 Å². The van der Waals surface area contributed by atoms with Gasteiger partial charge in [0, 0.05) is 44.6 Å². The highest BCUT2D eigenvalue weighted by atomic mass is 16.1. The van der Waals surface area contributed by atoms with E-state index in [2.05, 4.69) is 20.3 Å². The van der Waals surface area contributed by atoms with Crippen LogP contribution in [0.25, 0.3) is 22.4 Å². The number of hydrogen-bond acceptors (Lipinski definition) is 7. The molecule has 0 bridgehead atoms. The van der Waals surface area contributed by atoms with E-state index in [1.807, 2.05) is 26.1 Å². The zero-order valence-corrected chi connectivity index (χ0v) is 16.8. The summed E-state index contributed by atoms with van der Waals surface area (Å²) in [6.45, 7) is 5.20. The summed E-state index contributed by atoms with van der Waals surface area (Å²) in [7, 11) is 1.89. The quantitative estimate of drug-likeness (QED) is 0.648. The molecule has 0 unspecified atom stereocenters. The van der Waals surface area contributed by atoms with Gasteiger partial charge in [-0.25, -0.2) is 9.97 Å². The number of primary amides is 1. The average Bonchev–Trinajstić information content (AvgIpc) is 3.02. The zero-order valence-electron chi connectivity index (χ0n) is 16.8. The molecule has 0 saturated carbocycles. The van der Waals surface area contributed by atoms with Crippen LogP contribution in [0, 0.1) is 12.8 Å². The number of carbonyl (C=O) groups excluding carboxylic acids is 1. The summed E-state index contributed by atoms with van der Waals surface area (Å²) in [5.74, 6) is 1.16. The van der Waals surface area contributed by atoms with Crippen molar-refractivity contribution in [2.45, 2.75) is 19.8 Å². The molecule has 3 aromatic heterocycles. The number of aromatic nitrogens is 5. The minimum atomic E-state index is -0.201. The largest absolute Gasteiger partial charge is 0.369 e. The number of rotatable bonds is 6. The van der Waals surface area contributed by atoms with Gasteiger partial charge in [0.05, 0.1) is 17.0 Å². The fraction of sp³-hybridized carbons (Fsp3) is 0.450. The van der Waals surface area contributed by atoms with Gasteiger partial charge in [0.25, 0.3) is 0 Å². The molecule has 3 N–H and O–H groups in total. The van der Waals surface area contributed by atoms with E-state index >= 15 is 0 Å². The fourth-order valence-electron chi connectivity index (χ4n) is 3.92. The van der Waals surface area contributed by atoms with E-state index in [-0.39, 0.29) is 11.8 Å². The second-order valence-corrected chi connectivity index (χ2v) is 7.51. The minimum Gasteiger partial charge on any atom is -0.369 e. The van der Waals surface area contributed by atoms with Crippen LogP contribution >= 0.6 is 0 Å². The fourth-order valence-corrected chi connectivity index (χ4v) is 3.92. The van der Waals surface area contributed by atoms with Crippen LogP contribution < -0.4 is 11.1 Å². The van der Waals surface area contributed by atoms with Crippen molar-refractivity contribution in [2.75, 3.05) is 31.5 Å². The number of likely N-dealkylation sites (tertiary alicyclic amines) is 1. The molecule has 1 saturated heterocycles. The molecule has 0 aliphatic carbocycles. The Morgan fingerprint density at radius 1 is 1.31 bits per heavy atom. The number of fused-ring (bicyclic) bond motifs is 1. The third-order valence-electron chi connectivity index (χ3n) is 5.43. The summed E-state index contributed by atoms with van der Waals surface area (Å²) in [5, 5.41) is 8.91. The molecule has 9 nitrogen and oxygen atoms in total. The molecule has 3 aromatic rings. The molecule has 29 heavy (non-hydrogen) atoms. The summed E-state index contributed by atoms with van der Waals surface area (Å²) >= 11 is 0. The molecule has 1 atom stereocenters. The number of nitrogens with zero attached hydrogens (tertiary/aromatic N) is 6. The average molecular weight is 394 g/mol. The van der Waals surface area contributed by atoms with Gasteiger partial charge < -0.3 is 16.0 Å². The predicted octanol–water partition coefficient (Wildman–Crippen LogP) is 1.34. The van der Waals surface area contributed by atoms with Gasteiger partial charge in [0.1, 0.15) is 5.82 Å². The lowest BCUT2D eigenvalue weighted by Gasteiger charge is -2.31. The molecule has 0 spiro atoms. The molecule has 152 valence electrons. The van der Waals surface area contributed by atoms with Gasteiger partial charge in [-0.3, -0.25) is 14.5 Å². The SMILES string of the molecule is Cc1nn(C)c2nc(-c3ccncc3)nc(NCCN3CCC[C@H](C(N)=O)C3)c12. The lowest BCUT2D eigenvalue weighted by molar-refractivity contribution is -0.123. The lowest BCUT2D eigenvalue weighted by atomic mass is 9.97. The van der Waals surface area contributed by atoms with E-state index in [1.165, 1.54) is 0 Å². The van der Waals surface area contributed by atoms with Crippen molar-refractivity contribution in [3.63, 3.8) is 0 Å². The zero-order chi connectivity index (χ0) is 20.4. The van der Waals surface area contributed by atoms with Gasteiger partial charge in [-0.15, -0.1) is 0 Å². The Balaban J connectivity index is 1.55. The Morgan fingerprint density at radius 2 is 2.10 bits per heavy atom. The summed E-state index contributed by atoms with van der Waals surface area (Å²) in [6, 6.07) is 3.79. The Morgan fingerprint density at radius 3 is 2.86 bits per heavy atom. The molecule has 1 aliphatic rings. The van der Waals surface area contributed by atoms with E-state index in [4.69, 9.17) is 15.7 Å². The number of anilines is 1. The van der Waals surface area contributed by atoms with Crippen LogP contribution in [0.3, 0.4) is 0 Å². The predicted molar refractivity (Wildman–Crippen MR) is 111 cm³/mol. The Kier molecular flexibility index (Phi) is 5.39. The maximum absolute atomic E-state index is 11.5. The third-order valence-corrected chi connectivity index (χ3v) is 5.43. The molecule has 4 rings (SSSR count). The first-order chi connectivity index (χ1) is 14.0. The number of carbonyl (C=O) groups is 1. The number of nitrogens with two attached hydrogens (primary N) is 1. The Hall–Kier alpha value is -3.07. The smallest absolute Gasteiger partial charge is 0.221 e. The highest BCUT2D eigenvalue weighted by Crippen LogP contribution is 2.27. The molecule has 1 aliphatic heterocycles. The Labute approximate surface area is 169 Å². The summed E-state index contributed by atoms with van der Waals surface area (Å²) in [4.78, 5) is 27.3. The van der Waals surface area contributed by atoms with Crippen LogP contribution in [-0.4, -0.2) is 61.7 Å². The van der Waals surface area contributed by atoms with Gasteiger partial charge in [-0.1, -0.05) is 0 Å². The number of hydrogen-bond donors (Lipinski definition) is 2. The number of piperidine rings is 1. The first kappa shape index (κ1) is 19.3. The number of amides is 1. The third kappa shape index (κ3) is 4.04. The van der Waals surface area contributed by atoms with E-state index < -0.39 is 0 Å². The van der Waals surface area contributed by atoms with E-state index in [0.29, 0.717) is 12.4 Å². The van der Waals surface area contributed by atoms with E-state index in [9.17, 15) is 4.79 Å².